The van der Waals surface area contributed by atoms with Gasteiger partial charge in [0.1, 0.15) is 10.3 Å². The maximum atomic E-state index is 10.5. The first kappa shape index (κ1) is 22.9. The molecular weight excluding hydrogens is 436 g/mol. The largest absolute Gasteiger partial charge is 0.346 e. The molecule has 3 nitrogen and oxygen atoms in total. The number of carbonyl (C=O) groups excluding carboxylic acids is 1. The summed E-state index contributed by atoms with van der Waals surface area (Å²) in [4.78, 5) is 17.6. The zero-order valence-corrected chi connectivity index (χ0v) is 16.8. The standard InChI is InChI=1S/C18H2.C8H5BrN2O/c1-3-5-7-9-11-13-15-17-18-16-14-12-10-8-6-4-2;9-7-6(4-12)3-5-1-2-10-8(5)11-7/h1-2H;1-4H,(H,10,11). The van der Waals surface area contributed by atoms with E-state index in [1.165, 1.54) is 0 Å². The average molecular weight is 443 g/mol. The summed E-state index contributed by atoms with van der Waals surface area (Å²) in [5.41, 5.74) is 1.36. The number of nitrogens with one attached hydrogen (secondary N) is 1. The molecule has 0 saturated carbocycles. The van der Waals surface area contributed by atoms with Crippen LogP contribution in [0.2, 0.25) is 0 Å². The first-order valence-corrected chi connectivity index (χ1v) is 8.52. The van der Waals surface area contributed by atoms with Crippen molar-refractivity contribution in [2.24, 2.45) is 0 Å². The van der Waals surface area contributed by atoms with Crippen molar-refractivity contribution in [3.05, 3.63) is 28.5 Å². The molecule has 1 N–H and O–H groups in total. The molecule has 0 aromatic carbocycles. The number of H-pyrrole nitrogens is 1. The van der Waals surface area contributed by atoms with E-state index in [0.29, 0.717) is 10.2 Å². The number of pyridine rings is 1. The molecule has 0 aliphatic rings. The van der Waals surface area contributed by atoms with Crippen LogP contribution >= 0.6 is 15.9 Å². The van der Waals surface area contributed by atoms with Crippen molar-refractivity contribution in [2.45, 2.75) is 0 Å². The van der Waals surface area contributed by atoms with E-state index < -0.39 is 0 Å². The van der Waals surface area contributed by atoms with Crippen LogP contribution in [-0.4, -0.2) is 16.3 Å². The van der Waals surface area contributed by atoms with Gasteiger partial charge in [0.15, 0.2) is 6.29 Å². The van der Waals surface area contributed by atoms with Crippen molar-refractivity contribution in [1.29, 1.82) is 0 Å². The van der Waals surface area contributed by atoms with Crippen LogP contribution in [0, 0.1) is 108 Å². The summed E-state index contributed by atoms with van der Waals surface area (Å²) in [5, 5.41) is 0.945. The Balaban J connectivity index is 0.000000321. The Hall–Kier alpha value is -5.12. The van der Waals surface area contributed by atoms with Crippen LogP contribution in [0.3, 0.4) is 0 Å². The van der Waals surface area contributed by atoms with Crippen molar-refractivity contribution < 1.29 is 4.79 Å². The Morgan fingerprint density at radius 1 is 0.800 bits per heavy atom. The smallest absolute Gasteiger partial charge is 0.152 e. The third kappa shape index (κ3) is 9.54. The fourth-order valence-corrected chi connectivity index (χ4v) is 1.89. The van der Waals surface area contributed by atoms with Crippen molar-refractivity contribution in [1.82, 2.24) is 9.97 Å². The fourth-order valence-electron chi connectivity index (χ4n) is 1.51. The van der Waals surface area contributed by atoms with E-state index in [1.54, 1.807) is 12.3 Å². The van der Waals surface area contributed by atoms with Gasteiger partial charge in [-0.05, 0) is 123 Å². The van der Waals surface area contributed by atoms with Gasteiger partial charge in [0, 0.05) is 17.1 Å². The molecule has 0 fully saturated rings. The molecule has 0 amide bonds. The molecule has 2 rings (SSSR count). The van der Waals surface area contributed by atoms with Crippen LogP contribution in [0.25, 0.3) is 11.0 Å². The lowest BCUT2D eigenvalue weighted by atomic mass is 10.2. The Bertz CT molecular complexity index is 1410. The zero-order valence-electron chi connectivity index (χ0n) is 15.2. The molecule has 2 aromatic heterocycles. The molecule has 0 aliphatic carbocycles. The van der Waals surface area contributed by atoms with Crippen molar-refractivity contribution in [3.8, 4) is 108 Å². The van der Waals surface area contributed by atoms with Crippen LogP contribution in [0.15, 0.2) is 22.9 Å². The number of rotatable bonds is 1. The van der Waals surface area contributed by atoms with Gasteiger partial charge >= 0.3 is 0 Å². The molecule has 0 aliphatic heterocycles. The van der Waals surface area contributed by atoms with E-state index in [0.717, 1.165) is 17.3 Å². The number of hydrogen-bond acceptors (Lipinski definition) is 2. The van der Waals surface area contributed by atoms with E-state index in [2.05, 4.69) is 121 Å². The summed E-state index contributed by atoms with van der Waals surface area (Å²) in [6.45, 7) is 0. The lowest BCUT2D eigenvalue weighted by Crippen LogP contribution is -1.86. The van der Waals surface area contributed by atoms with Crippen molar-refractivity contribution >= 4 is 33.2 Å². The average Bonchev–Trinajstić information content (AvgIpc) is 3.21. The quantitative estimate of drug-likeness (QED) is 0.418. The van der Waals surface area contributed by atoms with Gasteiger partial charge in [0.2, 0.25) is 0 Å². The molecule has 0 radical (unpaired) electrons. The molecule has 2 heterocycles. The highest BCUT2D eigenvalue weighted by molar-refractivity contribution is 9.10. The van der Waals surface area contributed by atoms with E-state index >= 15 is 0 Å². The highest BCUT2D eigenvalue weighted by Crippen LogP contribution is 2.18. The Morgan fingerprint density at radius 2 is 1.23 bits per heavy atom. The third-order valence-electron chi connectivity index (χ3n) is 2.60. The molecule has 0 spiro atoms. The minimum atomic E-state index is 0.571. The maximum Gasteiger partial charge on any atom is 0.152 e. The summed E-state index contributed by atoms with van der Waals surface area (Å²) >= 11 is 3.20. The second kappa shape index (κ2) is 15.0. The van der Waals surface area contributed by atoms with Gasteiger partial charge in [0.05, 0.1) is 0 Å². The van der Waals surface area contributed by atoms with Gasteiger partial charge in [-0.1, -0.05) is 0 Å². The first-order valence-electron chi connectivity index (χ1n) is 7.73. The normalized spacial score (nSPS) is 6.37. The van der Waals surface area contributed by atoms with Gasteiger partial charge in [-0.2, -0.15) is 0 Å². The predicted molar refractivity (Wildman–Crippen MR) is 121 cm³/mol. The van der Waals surface area contributed by atoms with Crippen LogP contribution in [0.5, 0.6) is 0 Å². The van der Waals surface area contributed by atoms with Crippen LogP contribution in [0.1, 0.15) is 10.4 Å². The lowest BCUT2D eigenvalue weighted by molar-refractivity contribution is 0.112. The second-order valence-corrected chi connectivity index (χ2v) is 5.19. The van der Waals surface area contributed by atoms with Crippen LogP contribution in [-0.2, 0) is 0 Å². The SMILES string of the molecule is C#CC#CC#CC#CC#CC#CC#CC#CC#C.O=Cc1cc2cc[nH]c2nc1Br. The number of fused-ring (bicyclic) bond motifs is 1. The molecule has 134 valence electrons. The number of hydrogen-bond donors (Lipinski definition) is 1. The number of aldehydes is 1. The van der Waals surface area contributed by atoms with Crippen LogP contribution in [0.4, 0.5) is 0 Å². The van der Waals surface area contributed by atoms with Gasteiger partial charge in [-0.25, -0.2) is 4.98 Å². The van der Waals surface area contributed by atoms with Gasteiger partial charge in [-0.3, -0.25) is 4.79 Å². The van der Waals surface area contributed by atoms with Crippen molar-refractivity contribution in [2.75, 3.05) is 0 Å². The topological polar surface area (TPSA) is 45.8 Å². The number of nitrogens with zero attached hydrogens (tertiary/aromatic N) is 1. The van der Waals surface area contributed by atoms with Crippen LogP contribution < -0.4 is 0 Å². The predicted octanol–water partition coefficient (Wildman–Crippen LogP) is 2.41. The summed E-state index contributed by atoms with van der Waals surface area (Å²) in [6, 6.07) is 3.66. The Kier molecular flexibility index (Phi) is 11.5. The number of carbonyl (C=O) groups is 1. The van der Waals surface area contributed by atoms with Gasteiger partial charge < -0.3 is 4.98 Å². The monoisotopic (exact) mass is 442 g/mol. The molecule has 30 heavy (non-hydrogen) atoms. The zero-order chi connectivity index (χ0) is 21.9. The number of halogens is 1. The third-order valence-corrected chi connectivity index (χ3v) is 3.23. The Morgan fingerprint density at radius 3 is 1.63 bits per heavy atom. The van der Waals surface area contributed by atoms with Crippen molar-refractivity contribution in [3.63, 3.8) is 0 Å². The minimum absolute atomic E-state index is 0.571. The molecule has 0 unspecified atom stereocenters. The summed E-state index contributed by atoms with van der Waals surface area (Å²) in [5.74, 6) is 38.2. The molecule has 0 saturated heterocycles. The van der Waals surface area contributed by atoms with E-state index in [-0.39, 0.29) is 0 Å². The molecule has 0 bridgehead atoms. The summed E-state index contributed by atoms with van der Waals surface area (Å²) in [7, 11) is 0. The fraction of sp³-hybridized carbons (Fsp3) is 0. The Labute approximate surface area is 184 Å². The minimum Gasteiger partial charge on any atom is -0.346 e. The van der Waals surface area contributed by atoms with Gasteiger partial charge in [-0.15, -0.1) is 12.8 Å². The molecule has 0 atom stereocenters. The molecular formula is C26H7BrN2O. The second-order valence-electron chi connectivity index (χ2n) is 4.44. The molecule has 4 heteroatoms. The lowest BCUT2D eigenvalue weighted by Gasteiger charge is -1.94. The molecule has 2 aromatic rings. The highest BCUT2D eigenvalue weighted by atomic mass is 79.9. The van der Waals surface area contributed by atoms with E-state index in [9.17, 15) is 4.79 Å². The van der Waals surface area contributed by atoms with E-state index in [4.69, 9.17) is 12.8 Å². The summed E-state index contributed by atoms with van der Waals surface area (Å²) < 4.78 is 0.576. The van der Waals surface area contributed by atoms with Gasteiger partial charge in [0.25, 0.3) is 0 Å². The van der Waals surface area contributed by atoms with E-state index in [1.807, 2.05) is 6.07 Å². The number of aromatic nitrogens is 2. The first-order chi connectivity index (χ1) is 14.7. The highest BCUT2D eigenvalue weighted by Gasteiger charge is 2.02. The number of aromatic amines is 1. The maximum absolute atomic E-state index is 10.5. The number of terminal acetylenes is 2. The summed E-state index contributed by atoms with van der Waals surface area (Å²) in [6.07, 6.45) is 12.3.